The molecule has 4 heteroatoms. The maximum atomic E-state index is 12.0. The molecule has 0 saturated carbocycles. The molecule has 1 atom stereocenters. The van der Waals surface area contributed by atoms with Crippen LogP contribution in [0.2, 0.25) is 0 Å². The summed E-state index contributed by atoms with van der Waals surface area (Å²) in [6.45, 7) is 3.67. The maximum Gasteiger partial charge on any atom is 0.242 e. The van der Waals surface area contributed by atoms with Crippen LogP contribution in [-0.2, 0) is 9.59 Å². The van der Waals surface area contributed by atoms with Crippen molar-refractivity contribution in [3.05, 3.63) is 30.3 Å². The summed E-state index contributed by atoms with van der Waals surface area (Å²) in [6, 6.07) is 8.16. The summed E-state index contributed by atoms with van der Waals surface area (Å²) < 4.78 is 0. The first kappa shape index (κ1) is 14.4. The van der Waals surface area contributed by atoms with Crippen LogP contribution >= 0.6 is 0 Å². The second kappa shape index (κ2) is 6.31. The minimum Gasteiger partial charge on any atom is -0.325 e. The number of para-hydroxylation sites is 1. The number of amides is 1. The van der Waals surface area contributed by atoms with Crippen molar-refractivity contribution in [2.45, 2.75) is 32.7 Å². The van der Waals surface area contributed by atoms with Gasteiger partial charge in [-0.3, -0.25) is 9.59 Å². The fraction of sp³-hybridized carbons (Fsp3) is 0.429. The van der Waals surface area contributed by atoms with Crippen LogP contribution in [0.15, 0.2) is 30.3 Å². The molecular formula is C14H19N2O2. The van der Waals surface area contributed by atoms with Gasteiger partial charge in [0.25, 0.3) is 0 Å². The van der Waals surface area contributed by atoms with Gasteiger partial charge in [0.1, 0.15) is 0 Å². The molecule has 0 aliphatic carbocycles. The minimum absolute atomic E-state index is 0.353. The lowest BCUT2D eigenvalue weighted by Gasteiger charge is -2.29. The Bertz CT molecular complexity index is 400. The lowest BCUT2D eigenvalue weighted by molar-refractivity contribution is -0.119. The zero-order valence-corrected chi connectivity index (χ0v) is 10.8. The summed E-state index contributed by atoms with van der Waals surface area (Å²) in [6.07, 6.45) is 2.94. The monoisotopic (exact) mass is 247 g/mol. The van der Waals surface area contributed by atoms with Gasteiger partial charge >= 0.3 is 0 Å². The number of hydrogen-bond donors (Lipinski definition) is 2. The number of hydrogen-bond acceptors (Lipinski definition) is 3. The molecule has 1 amide bonds. The molecule has 0 aliphatic heterocycles. The summed E-state index contributed by atoms with van der Waals surface area (Å²) in [5.41, 5.74) is 5.67. The number of nitrogens with two attached hydrogens (primary N) is 1. The molecule has 4 nitrogen and oxygen atoms in total. The molecule has 0 spiro atoms. The average Bonchev–Trinajstić information content (AvgIpc) is 2.42. The van der Waals surface area contributed by atoms with E-state index in [1.165, 1.54) is 0 Å². The fourth-order valence-electron chi connectivity index (χ4n) is 1.89. The number of rotatable bonds is 6. The van der Waals surface area contributed by atoms with Crippen LogP contribution in [0.5, 0.6) is 0 Å². The van der Waals surface area contributed by atoms with Gasteiger partial charge in [-0.05, 0) is 25.0 Å². The van der Waals surface area contributed by atoms with E-state index >= 15 is 0 Å². The summed E-state index contributed by atoms with van der Waals surface area (Å²) in [5.74, 6) is -0.353. The normalized spacial score (nSPS) is 12.8. The highest BCUT2D eigenvalue weighted by Gasteiger charge is 2.38. The first-order chi connectivity index (χ1) is 8.59. The summed E-state index contributed by atoms with van der Waals surface area (Å²) >= 11 is 0. The lowest BCUT2D eigenvalue weighted by atomic mass is 9.77. The van der Waals surface area contributed by atoms with Crippen LogP contribution < -0.4 is 11.1 Å². The van der Waals surface area contributed by atoms with E-state index in [-0.39, 0.29) is 5.91 Å². The van der Waals surface area contributed by atoms with Gasteiger partial charge in [0, 0.05) is 5.69 Å². The van der Waals surface area contributed by atoms with Gasteiger partial charge in [-0.1, -0.05) is 32.0 Å². The van der Waals surface area contributed by atoms with Crippen molar-refractivity contribution < 1.29 is 9.59 Å². The summed E-state index contributed by atoms with van der Waals surface area (Å²) in [5, 5.41) is 2.71. The van der Waals surface area contributed by atoms with Crippen LogP contribution in [0.4, 0.5) is 5.69 Å². The average molecular weight is 247 g/mol. The standard InChI is InChI=1S/C14H19N2O2/c1-3-14(4-2,10-17)12(15)13(18)16-11-8-6-5-7-9-11/h5-9,12H,3-4,15H2,1-2H3,(H,16,18). The first-order valence-electron chi connectivity index (χ1n) is 6.10. The minimum atomic E-state index is -0.904. The largest absolute Gasteiger partial charge is 0.325 e. The molecule has 0 fully saturated rings. The van der Waals surface area contributed by atoms with E-state index in [1.807, 2.05) is 38.3 Å². The van der Waals surface area contributed by atoms with Gasteiger partial charge in [-0.2, -0.15) is 0 Å². The Kier molecular flexibility index (Phi) is 5.04. The molecule has 1 aromatic carbocycles. The predicted molar refractivity (Wildman–Crippen MR) is 71.8 cm³/mol. The number of nitrogens with one attached hydrogen (secondary N) is 1. The van der Waals surface area contributed by atoms with Crippen LogP contribution in [0.3, 0.4) is 0 Å². The van der Waals surface area contributed by atoms with E-state index in [9.17, 15) is 9.59 Å². The Balaban J connectivity index is 2.80. The van der Waals surface area contributed by atoms with E-state index < -0.39 is 11.5 Å². The van der Waals surface area contributed by atoms with Crippen LogP contribution in [0.1, 0.15) is 26.7 Å². The van der Waals surface area contributed by atoms with Crippen molar-refractivity contribution in [2.24, 2.45) is 11.1 Å². The second-order valence-electron chi connectivity index (χ2n) is 4.30. The first-order valence-corrected chi connectivity index (χ1v) is 6.10. The van der Waals surface area contributed by atoms with E-state index in [2.05, 4.69) is 5.32 Å². The third kappa shape index (κ3) is 2.96. The third-order valence-electron chi connectivity index (χ3n) is 3.38. The Labute approximate surface area is 108 Å². The molecule has 1 radical (unpaired) electrons. The van der Waals surface area contributed by atoms with Crippen molar-refractivity contribution in [1.29, 1.82) is 0 Å². The smallest absolute Gasteiger partial charge is 0.242 e. The molecular weight excluding hydrogens is 228 g/mol. The molecule has 1 aromatic rings. The molecule has 0 bridgehead atoms. The van der Waals surface area contributed by atoms with E-state index in [4.69, 9.17) is 5.73 Å². The molecule has 18 heavy (non-hydrogen) atoms. The van der Waals surface area contributed by atoms with Gasteiger partial charge in [-0.15, -0.1) is 0 Å². The van der Waals surface area contributed by atoms with E-state index in [0.29, 0.717) is 18.5 Å². The van der Waals surface area contributed by atoms with E-state index in [0.717, 1.165) is 0 Å². The number of carbonyl (C=O) groups excluding carboxylic acids is 2. The van der Waals surface area contributed by atoms with Crippen LogP contribution in [0, 0.1) is 5.41 Å². The van der Waals surface area contributed by atoms with Gasteiger partial charge < -0.3 is 11.1 Å². The van der Waals surface area contributed by atoms with Crippen LogP contribution in [-0.4, -0.2) is 18.2 Å². The molecule has 1 unspecified atom stereocenters. The number of carbonyl (C=O) groups is 1. The zero-order chi connectivity index (χ0) is 13.6. The molecule has 0 aliphatic rings. The van der Waals surface area contributed by atoms with Crippen molar-refractivity contribution >= 4 is 17.9 Å². The maximum absolute atomic E-state index is 12.0. The van der Waals surface area contributed by atoms with Crippen molar-refractivity contribution in [2.75, 3.05) is 5.32 Å². The third-order valence-corrected chi connectivity index (χ3v) is 3.38. The van der Waals surface area contributed by atoms with Gasteiger partial charge in [0.15, 0.2) is 0 Å². The molecule has 0 aromatic heterocycles. The molecule has 0 saturated heterocycles. The Morgan fingerprint density at radius 3 is 2.33 bits per heavy atom. The molecule has 1 rings (SSSR count). The summed E-state index contributed by atoms with van der Waals surface area (Å²) in [4.78, 5) is 23.1. The molecule has 97 valence electrons. The number of benzene rings is 1. The SMILES string of the molecule is CCC([C]=O)(CC)C(N)C(=O)Nc1ccccc1. The lowest BCUT2D eigenvalue weighted by Crippen LogP contribution is -2.50. The molecule has 3 N–H and O–H groups in total. The predicted octanol–water partition coefficient (Wildman–Crippen LogP) is 1.87. The van der Waals surface area contributed by atoms with Crippen molar-refractivity contribution in [3.63, 3.8) is 0 Å². The highest BCUT2D eigenvalue weighted by Crippen LogP contribution is 2.27. The van der Waals surface area contributed by atoms with E-state index in [1.54, 1.807) is 12.1 Å². The fourth-order valence-corrected chi connectivity index (χ4v) is 1.89. The topological polar surface area (TPSA) is 72.2 Å². The van der Waals surface area contributed by atoms with Gasteiger partial charge in [-0.25, -0.2) is 0 Å². The van der Waals surface area contributed by atoms with Gasteiger partial charge in [0.2, 0.25) is 12.2 Å². The highest BCUT2D eigenvalue weighted by molar-refractivity contribution is 5.97. The van der Waals surface area contributed by atoms with Crippen molar-refractivity contribution in [1.82, 2.24) is 0 Å². The quantitative estimate of drug-likeness (QED) is 0.806. The number of anilines is 1. The Morgan fingerprint density at radius 2 is 1.89 bits per heavy atom. The van der Waals surface area contributed by atoms with Crippen LogP contribution in [0.25, 0.3) is 0 Å². The second-order valence-corrected chi connectivity index (χ2v) is 4.30. The molecule has 0 heterocycles. The van der Waals surface area contributed by atoms with Crippen molar-refractivity contribution in [3.8, 4) is 0 Å². The Morgan fingerprint density at radius 1 is 1.33 bits per heavy atom. The summed E-state index contributed by atoms with van der Waals surface area (Å²) in [7, 11) is 0. The Hall–Kier alpha value is -1.68. The zero-order valence-electron chi connectivity index (χ0n) is 10.8. The highest BCUT2D eigenvalue weighted by atomic mass is 16.2. The van der Waals surface area contributed by atoms with Gasteiger partial charge in [0.05, 0.1) is 11.5 Å².